The summed E-state index contributed by atoms with van der Waals surface area (Å²) in [5.74, 6) is -3.87. The summed E-state index contributed by atoms with van der Waals surface area (Å²) in [6, 6.07) is 6.22. The Labute approximate surface area is 125 Å². The molecule has 1 aromatic rings. The first-order chi connectivity index (χ1) is 10.5. The summed E-state index contributed by atoms with van der Waals surface area (Å²) < 4.78 is 4.60. The molecule has 2 aliphatic rings. The average molecular weight is 303 g/mol. The van der Waals surface area contributed by atoms with E-state index in [1.54, 1.807) is 12.1 Å². The van der Waals surface area contributed by atoms with E-state index in [4.69, 9.17) is 4.84 Å². The third-order valence-corrected chi connectivity index (χ3v) is 4.02. The van der Waals surface area contributed by atoms with E-state index in [0.717, 1.165) is 0 Å². The highest BCUT2D eigenvalue weighted by molar-refractivity contribution is 6.20. The number of hydrogen-bond acceptors (Lipinski definition) is 6. The van der Waals surface area contributed by atoms with Crippen molar-refractivity contribution in [2.24, 2.45) is 11.8 Å². The summed E-state index contributed by atoms with van der Waals surface area (Å²) in [6.45, 7) is 0. The van der Waals surface area contributed by atoms with Crippen LogP contribution in [0.15, 0.2) is 24.3 Å². The van der Waals surface area contributed by atoms with E-state index in [1.807, 2.05) is 0 Å². The lowest BCUT2D eigenvalue weighted by Crippen LogP contribution is -2.43. The number of amides is 2. The van der Waals surface area contributed by atoms with Crippen LogP contribution in [-0.2, 0) is 19.2 Å². The fourth-order valence-corrected chi connectivity index (χ4v) is 2.62. The SMILES string of the molecule is COC(=O)[C@H]1CC[C@H]1C(=O)ON1C(=O)c2ccccc2C1=O. The molecule has 0 spiro atoms. The number of ether oxygens (including phenoxy) is 1. The molecule has 1 saturated carbocycles. The first-order valence-electron chi connectivity index (χ1n) is 6.82. The van der Waals surface area contributed by atoms with Crippen molar-refractivity contribution < 1.29 is 28.8 Å². The monoisotopic (exact) mass is 303 g/mol. The highest BCUT2D eigenvalue weighted by Crippen LogP contribution is 2.36. The molecule has 1 fully saturated rings. The number of nitrogens with zero attached hydrogens (tertiary/aromatic N) is 1. The number of carbonyl (C=O) groups excluding carboxylic acids is 4. The maximum atomic E-state index is 12.1. The van der Waals surface area contributed by atoms with Gasteiger partial charge in [-0.15, -0.1) is 0 Å². The lowest BCUT2D eigenvalue weighted by atomic mass is 9.74. The van der Waals surface area contributed by atoms with Crippen LogP contribution in [0.5, 0.6) is 0 Å². The number of imide groups is 1. The molecule has 22 heavy (non-hydrogen) atoms. The van der Waals surface area contributed by atoms with Crippen molar-refractivity contribution in [2.75, 3.05) is 7.11 Å². The van der Waals surface area contributed by atoms with E-state index in [0.29, 0.717) is 17.9 Å². The number of methoxy groups -OCH3 is 1. The molecular formula is C15H13NO6. The summed E-state index contributed by atoms with van der Waals surface area (Å²) in [5, 5.41) is 0.458. The normalized spacial score (nSPS) is 22.9. The highest BCUT2D eigenvalue weighted by atomic mass is 16.7. The number of benzene rings is 1. The van der Waals surface area contributed by atoms with Crippen LogP contribution in [0.3, 0.4) is 0 Å². The molecule has 0 bridgehead atoms. The smallest absolute Gasteiger partial charge is 0.337 e. The third-order valence-electron chi connectivity index (χ3n) is 4.02. The largest absolute Gasteiger partial charge is 0.469 e. The van der Waals surface area contributed by atoms with Crippen LogP contribution in [0, 0.1) is 11.8 Å². The molecule has 2 atom stereocenters. The lowest BCUT2D eigenvalue weighted by Gasteiger charge is -2.32. The molecular weight excluding hydrogens is 290 g/mol. The van der Waals surface area contributed by atoms with E-state index < -0.39 is 35.6 Å². The minimum atomic E-state index is -0.767. The van der Waals surface area contributed by atoms with Crippen molar-refractivity contribution in [2.45, 2.75) is 12.8 Å². The highest BCUT2D eigenvalue weighted by Gasteiger charge is 2.46. The average Bonchev–Trinajstić information content (AvgIpc) is 2.71. The number of rotatable bonds is 3. The molecule has 1 aromatic carbocycles. The first kappa shape index (κ1) is 14.2. The van der Waals surface area contributed by atoms with Gasteiger partial charge in [0.05, 0.1) is 30.1 Å². The van der Waals surface area contributed by atoms with Gasteiger partial charge < -0.3 is 9.57 Å². The number of hydroxylamine groups is 2. The quantitative estimate of drug-likeness (QED) is 0.610. The van der Waals surface area contributed by atoms with E-state index in [1.165, 1.54) is 19.2 Å². The second-order valence-corrected chi connectivity index (χ2v) is 5.17. The molecule has 0 radical (unpaired) electrons. The van der Waals surface area contributed by atoms with Crippen molar-refractivity contribution in [1.82, 2.24) is 5.06 Å². The molecule has 2 amide bonds. The van der Waals surface area contributed by atoms with Crippen LogP contribution in [0.1, 0.15) is 33.6 Å². The predicted octanol–water partition coefficient (Wildman–Crippen LogP) is 0.940. The Morgan fingerprint density at radius 1 is 1.00 bits per heavy atom. The summed E-state index contributed by atoms with van der Waals surface area (Å²) in [7, 11) is 1.24. The van der Waals surface area contributed by atoms with Gasteiger partial charge in [-0.2, -0.15) is 0 Å². The van der Waals surface area contributed by atoms with Gasteiger partial charge in [0.1, 0.15) is 0 Å². The molecule has 0 unspecified atom stereocenters. The zero-order valence-electron chi connectivity index (χ0n) is 11.8. The summed E-state index contributed by atoms with van der Waals surface area (Å²) in [6.07, 6.45) is 0.982. The Kier molecular flexibility index (Phi) is 3.40. The van der Waals surface area contributed by atoms with Gasteiger partial charge in [-0.1, -0.05) is 17.2 Å². The molecule has 1 heterocycles. The number of fused-ring (bicyclic) bond motifs is 1. The molecule has 0 aromatic heterocycles. The van der Waals surface area contributed by atoms with E-state index in [-0.39, 0.29) is 11.1 Å². The maximum Gasteiger partial charge on any atom is 0.337 e. The van der Waals surface area contributed by atoms with Gasteiger partial charge in [-0.3, -0.25) is 14.4 Å². The molecule has 1 aliphatic carbocycles. The fourth-order valence-electron chi connectivity index (χ4n) is 2.62. The molecule has 0 saturated heterocycles. The Morgan fingerprint density at radius 3 is 1.95 bits per heavy atom. The number of esters is 1. The van der Waals surface area contributed by atoms with Gasteiger partial charge in [0, 0.05) is 0 Å². The van der Waals surface area contributed by atoms with Gasteiger partial charge in [0.2, 0.25) is 0 Å². The van der Waals surface area contributed by atoms with Crippen molar-refractivity contribution in [3.8, 4) is 0 Å². The zero-order valence-corrected chi connectivity index (χ0v) is 11.8. The Hall–Kier alpha value is -2.70. The molecule has 0 N–H and O–H groups in total. The zero-order chi connectivity index (χ0) is 15.9. The summed E-state index contributed by atoms with van der Waals surface area (Å²) in [5.41, 5.74) is 0.386. The maximum absolute atomic E-state index is 12.1. The molecule has 1 aliphatic heterocycles. The predicted molar refractivity (Wildman–Crippen MR) is 71.3 cm³/mol. The van der Waals surface area contributed by atoms with Gasteiger partial charge >= 0.3 is 11.9 Å². The standard InChI is InChI=1S/C15H13NO6/c1-21-14(19)10-6-7-11(10)15(20)22-16-12(17)8-4-2-3-5-9(8)13(16)18/h2-5,10-11H,6-7H2,1H3/t10-,11+/m0/s1. The van der Waals surface area contributed by atoms with Crippen LogP contribution >= 0.6 is 0 Å². The van der Waals surface area contributed by atoms with Crippen LogP contribution in [-0.4, -0.2) is 35.9 Å². The Balaban J connectivity index is 1.72. The topological polar surface area (TPSA) is 90.0 Å². The number of hydrogen-bond donors (Lipinski definition) is 0. The Bertz CT molecular complexity index is 647. The summed E-state index contributed by atoms with van der Waals surface area (Å²) >= 11 is 0. The van der Waals surface area contributed by atoms with E-state index in [9.17, 15) is 19.2 Å². The van der Waals surface area contributed by atoms with Crippen LogP contribution in [0.2, 0.25) is 0 Å². The van der Waals surface area contributed by atoms with E-state index in [2.05, 4.69) is 4.74 Å². The van der Waals surface area contributed by atoms with Gasteiger partial charge in [0.25, 0.3) is 11.8 Å². The first-order valence-corrected chi connectivity index (χ1v) is 6.82. The lowest BCUT2D eigenvalue weighted by molar-refractivity contribution is -0.184. The minimum Gasteiger partial charge on any atom is -0.469 e. The fraction of sp³-hybridized carbons (Fsp3) is 0.333. The van der Waals surface area contributed by atoms with Crippen molar-refractivity contribution in [3.63, 3.8) is 0 Å². The third kappa shape index (κ3) is 2.05. The van der Waals surface area contributed by atoms with E-state index >= 15 is 0 Å². The molecule has 114 valence electrons. The van der Waals surface area contributed by atoms with Crippen LogP contribution in [0.4, 0.5) is 0 Å². The van der Waals surface area contributed by atoms with Crippen molar-refractivity contribution in [3.05, 3.63) is 35.4 Å². The van der Waals surface area contributed by atoms with Crippen molar-refractivity contribution in [1.29, 1.82) is 0 Å². The van der Waals surface area contributed by atoms with Crippen LogP contribution in [0.25, 0.3) is 0 Å². The second kappa shape index (κ2) is 5.25. The minimum absolute atomic E-state index is 0.193. The van der Waals surface area contributed by atoms with Gasteiger partial charge in [-0.05, 0) is 25.0 Å². The Morgan fingerprint density at radius 2 is 1.50 bits per heavy atom. The molecule has 7 heteroatoms. The summed E-state index contributed by atoms with van der Waals surface area (Å²) in [4.78, 5) is 52.6. The molecule has 3 rings (SSSR count). The van der Waals surface area contributed by atoms with Gasteiger partial charge in [-0.25, -0.2) is 4.79 Å². The van der Waals surface area contributed by atoms with Gasteiger partial charge in [0.15, 0.2) is 0 Å². The second-order valence-electron chi connectivity index (χ2n) is 5.17. The van der Waals surface area contributed by atoms with Crippen LogP contribution < -0.4 is 0 Å². The van der Waals surface area contributed by atoms with Crippen molar-refractivity contribution >= 4 is 23.8 Å². The number of carbonyl (C=O) groups is 4. The molecule has 7 nitrogen and oxygen atoms in total.